The van der Waals surface area contributed by atoms with Gasteiger partial charge in [-0.2, -0.15) is 0 Å². The minimum atomic E-state index is -0.897. The van der Waals surface area contributed by atoms with Crippen molar-refractivity contribution in [3.63, 3.8) is 0 Å². The molecule has 0 aromatic carbocycles. The molecule has 0 bridgehead atoms. The van der Waals surface area contributed by atoms with E-state index in [4.69, 9.17) is 5.11 Å². The number of hydrogen-bond acceptors (Lipinski definition) is 3. The second kappa shape index (κ2) is 4.96. The lowest BCUT2D eigenvalue weighted by Crippen LogP contribution is -2.16. The Hall–Kier alpha value is -1.58. The molecule has 4 nitrogen and oxygen atoms in total. The molecule has 1 aliphatic carbocycles. The normalized spacial score (nSPS) is 16.3. The zero-order valence-corrected chi connectivity index (χ0v) is 11.0. The molecule has 1 fully saturated rings. The van der Waals surface area contributed by atoms with Crippen LogP contribution in [0.5, 0.6) is 0 Å². The molecule has 0 spiro atoms. The maximum absolute atomic E-state index is 11.0. The number of rotatable bonds is 6. The van der Waals surface area contributed by atoms with Crippen molar-refractivity contribution in [1.29, 1.82) is 0 Å². The Bertz CT molecular complexity index is 453. The summed E-state index contributed by atoms with van der Waals surface area (Å²) in [5, 5.41) is 12.4. The van der Waals surface area contributed by atoms with E-state index in [0.29, 0.717) is 16.8 Å². The van der Waals surface area contributed by atoms with Gasteiger partial charge in [0.1, 0.15) is 5.82 Å². The monoisotopic (exact) mass is 248 g/mol. The fraction of sp³-hybridized carbons (Fsp3) is 0.571. The maximum atomic E-state index is 11.0. The fourth-order valence-electron chi connectivity index (χ4n) is 2.09. The Morgan fingerprint density at radius 2 is 2.17 bits per heavy atom. The van der Waals surface area contributed by atoms with Gasteiger partial charge in [-0.3, -0.25) is 0 Å². The van der Waals surface area contributed by atoms with Crippen LogP contribution in [0.4, 0.5) is 5.82 Å². The predicted octanol–water partition coefficient (Wildman–Crippen LogP) is 2.94. The number of anilines is 1. The third-order valence-corrected chi connectivity index (χ3v) is 3.84. The molecule has 1 aliphatic rings. The molecule has 2 rings (SSSR count). The van der Waals surface area contributed by atoms with Gasteiger partial charge in [0.15, 0.2) is 0 Å². The predicted molar refractivity (Wildman–Crippen MR) is 71.0 cm³/mol. The Morgan fingerprint density at radius 1 is 1.44 bits per heavy atom. The number of hydrogen-bond donors (Lipinski definition) is 2. The van der Waals surface area contributed by atoms with E-state index in [1.54, 1.807) is 12.1 Å². The first kappa shape index (κ1) is 12.9. The summed E-state index contributed by atoms with van der Waals surface area (Å²) in [7, 11) is 0. The Kier molecular flexibility index (Phi) is 3.55. The Labute approximate surface area is 107 Å². The molecule has 98 valence electrons. The Morgan fingerprint density at radius 3 is 2.67 bits per heavy atom. The Balaban J connectivity index is 2.11. The number of nitrogens with zero attached hydrogens (tertiary/aromatic N) is 1. The summed E-state index contributed by atoms with van der Waals surface area (Å²) in [4.78, 5) is 15.5. The lowest BCUT2D eigenvalue weighted by Gasteiger charge is -2.14. The molecule has 1 heterocycles. The van der Waals surface area contributed by atoms with Crippen molar-refractivity contribution in [2.75, 3.05) is 11.9 Å². The van der Waals surface area contributed by atoms with Crippen LogP contribution < -0.4 is 5.32 Å². The van der Waals surface area contributed by atoms with Crippen LogP contribution in [0.25, 0.3) is 0 Å². The molecule has 1 saturated carbocycles. The summed E-state index contributed by atoms with van der Waals surface area (Å²) >= 11 is 0. The van der Waals surface area contributed by atoms with E-state index in [2.05, 4.69) is 17.2 Å². The summed E-state index contributed by atoms with van der Waals surface area (Å²) in [6.07, 6.45) is 4.43. The van der Waals surface area contributed by atoms with Gasteiger partial charge in [-0.1, -0.05) is 13.8 Å². The largest absolute Gasteiger partial charge is 0.478 e. The van der Waals surface area contributed by atoms with Gasteiger partial charge in [0.25, 0.3) is 0 Å². The van der Waals surface area contributed by atoms with Gasteiger partial charge in [-0.25, -0.2) is 9.78 Å². The van der Waals surface area contributed by atoms with E-state index in [9.17, 15) is 4.79 Å². The molecular formula is C14H20N2O2. The second-order valence-corrected chi connectivity index (χ2v) is 5.10. The summed E-state index contributed by atoms with van der Waals surface area (Å²) in [5.74, 6) is -0.210. The molecule has 2 N–H and O–H groups in total. The lowest BCUT2D eigenvalue weighted by atomic mass is 10.0. The van der Waals surface area contributed by atoms with Gasteiger partial charge in [0.2, 0.25) is 0 Å². The van der Waals surface area contributed by atoms with Crippen molar-refractivity contribution in [3.8, 4) is 0 Å². The third-order valence-electron chi connectivity index (χ3n) is 3.84. The number of nitrogens with one attached hydrogen (secondary N) is 1. The summed E-state index contributed by atoms with van der Waals surface area (Å²) in [6, 6.07) is 3.26. The number of pyridine rings is 1. The van der Waals surface area contributed by atoms with Gasteiger partial charge >= 0.3 is 5.97 Å². The number of aryl methyl sites for hydroxylation is 1. The molecule has 0 unspecified atom stereocenters. The van der Waals surface area contributed by atoms with Crippen LogP contribution in [0.3, 0.4) is 0 Å². The smallest absolute Gasteiger partial charge is 0.335 e. The number of aromatic nitrogens is 1. The van der Waals surface area contributed by atoms with E-state index in [0.717, 1.165) is 18.7 Å². The average molecular weight is 248 g/mol. The van der Waals surface area contributed by atoms with Crippen LogP contribution in [-0.2, 0) is 6.42 Å². The van der Waals surface area contributed by atoms with Crippen LogP contribution >= 0.6 is 0 Å². The zero-order valence-electron chi connectivity index (χ0n) is 11.0. The van der Waals surface area contributed by atoms with Crippen LogP contribution in [-0.4, -0.2) is 22.6 Å². The van der Waals surface area contributed by atoms with Crippen molar-refractivity contribution >= 4 is 11.8 Å². The quantitative estimate of drug-likeness (QED) is 0.812. The number of carboxylic acids is 1. The highest BCUT2D eigenvalue weighted by Crippen LogP contribution is 2.48. The highest BCUT2D eigenvalue weighted by molar-refractivity contribution is 5.88. The zero-order chi connectivity index (χ0) is 13.2. The minimum Gasteiger partial charge on any atom is -0.478 e. The van der Waals surface area contributed by atoms with E-state index in [1.807, 2.05) is 6.92 Å². The van der Waals surface area contributed by atoms with Gasteiger partial charge in [-0.15, -0.1) is 0 Å². The molecule has 0 atom stereocenters. The van der Waals surface area contributed by atoms with Crippen LogP contribution in [0.2, 0.25) is 0 Å². The molecule has 18 heavy (non-hydrogen) atoms. The highest BCUT2D eigenvalue weighted by atomic mass is 16.4. The van der Waals surface area contributed by atoms with Gasteiger partial charge < -0.3 is 10.4 Å². The van der Waals surface area contributed by atoms with Crippen LogP contribution in [0, 0.1) is 5.41 Å². The van der Waals surface area contributed by atoms with Gasteiger partial charge in [0.05, 0.1) is 5.56 Å². The summed E-state index contributed by atoms with van der Waals surface area (Å²) in [6.45, 7) is 5.07. The van der Waals surface area contributed by atoms with Gasteiger partial charge in [-0.05, 0) is 43.2 Å². The average Bonchev–Trinajstić information content (AvgIpc) is 3.16. The molecule has 0 saturated heterocycles. The number of carboxylic acid groups (broad SMARTS) is 1. The standard InChI is InChI=1S/C14H20N2O2/c1-3-11-7-10(13(17)18)8-12(16-11)15-9-14(4-2)5-6-14/h7-8H,3-6,9H2,1-2H3,(H,15,16)(H,17,18). The minimum absolute atomic E-state index is 0.311. The SMILES string of the molecule is CCc1cc(C(=O)O)cc(NCC2(CC)CC2)n1. The highest BCUT2D eigenvalue weighted by Gasteiger charge is 2.40. The summed E-state index contributed by atoms with van der Waals surface area (Å²) < 4.78 is 0. The molecule has 1 aromatic heterocycles. The molecule has 4 heteroatoms. The topological polar surface area (TPSA) is 62.2 Å². The first-order chi connectivity index (χ1) is 8.58. The molecule has 1 aromatic rings. The van der Waals surface area contributed by atoms with E-state index in [1.165, 1.54) is 19.3 Å². The van der Waals surface area contributed by atoms with Crippen LogP contribution in [0.15, 0.2) is 12.1 Å². The van der Waals surface area contributed by atoms with Crippen molar-refractivity contribution in [2.45, 2.75) is 39.5 Å². The van der Waals surface area contributed by atoms with Crippen LogP contribution in [0.1, 0.15) is 49.2 Å². The van der Waals surface area contributed by atoms with Crippen molar-refractivity contribution < 1.29 is 9.90 Å². The molecule has 0 aliphatic heterocycles. The third kappa shape index (κ3) is 2.81. The van der Waals surface area contributed by atoms with E-state index >= 15 is 0 Å². The van der Waals surface area contributed by atoms with Crippen molar-refractivity contribution in [1.82, 2.24) is 4.98 Å². The first-order valence-corrected chi connectivity index (χ1v) is 6.57. The maximum Gasteiger partial charge on any atom is 0.335 e. The fourth-order valence-corrected chi connectivity index (χ4v) is 2.09. The second-order valence-electron chi connectivity index (χ2n) is 5.10. The molecular weight excluding hydrogens is 228 g/mol. The number of carbonyl (C=O) groups is 1. The van der Waals surface area contributed by atoms with E-state index < -0.39 is 5.97 Å². The first-order valence-electron chi connectivity index (χ1n) is 6.57. The van der Waals surface area contributed by atoms with Crippen molar-refractivity contribution in [3.05, 3.63) is 23.4 Å². The molecule has 0 radical (unpaired) electrons. The lowest BCUT2D eigenvalue weighted by molar-refractivity contribution is 0.0696. The summed E-state index contributed by atoms with van der Waals surface area (Å²) in [5.41, 5.74) is 1.55. The molecule has 0 amide bonds. The number of aromatic carboxylic acids is 1. The van der Waals surface area contributed by atoms with Gasteiger partial charge in [0, 0.05) is 12.2 Å². The van der Waals surface area contributed by atoms with E-state index in [-0.39, 0.29) is 0 Å². The van der Waals surface area contributed by atoms with Crippen molar-refractivity contribution in [2.24, 2.45) is 5.41 Å².